The van der Waals surface area contributed by atoms with Crippen LogP contribution in [0.25, 0.3) is 0 Å². The number of hydrogen-bond acceptors (Lipinski definition) is 1. The summed E-state index contributed by atoms with van der Waals surface area (Å²) in [6, 6.07) is 0. The fraction of sp³-hybridized carbons (Fsp3) is 1.00. The van der Waals surface area contributed by atoms with E-state index in [1.807, 2.05) is 0 Å². The Morgan fingerprint density at radius 3 is 1.70 bits per heavy atom. The predicted molar refractivity (Wildman–Crippen MR) is 27.2 cm³/mol. The van der Waals surface area contributed by atoms with Crippen LogP contribution in [-0.2, 0) is 4.74 Å². The number of alkyl halides is 4. The number of hydrogen-bond donors (Lipinski definition) is 0. The van der Waals surface area contributed by atoms with Gasteiger partial charge in [0.1, 0.15) is 0 Å². The maximum Gasteiger partial charge on any atom is 0.448 e. The molecule has 1 nitrogen and oxygen atoms in total. The molecule has 0 aliphatic heterocycles. The van der Waals surface area contributed by atoms with Crippen LogP contribution in [0.1, 0.15) is 13.8 Å². The fourth-order valence-corrected chi connectivity index (χ4v) is 0.353. The van der Waals surface area contributed by atoms with E-state index in [1.54, 1.807) is 0 Å². The van der Waals surface area contributed by atoms with Gasteiger partial charge in [0.2, 0.25) is 0 Å². The molecular weight excluding hydrogens is 152 g/mol. The van der Waals surface area contributed by atoms with Crippen molar-refractivity contribution < 1.29 is 22.3 Å². The molecule has 1 unspecified atom stereocenters. The minimum absolute atomic E-state index is 0.299. The van der Waals surface area contributed by atoms with E-state index in [0.717, 1.165) is 0 Å². The second-order valence-corrected chi connectivity index (χ2v) is 1.85. The Bertz CT molecular complexity index is 107. The molecule has 0 N–H and O–H groups in total. The van der Waals surface area contributed by atoms with Gasteiger partial charge < -0.3 is 4.74 Å². The zero-order valence-corrected chi connectivity index (χ0v) is 5.63. The van der Waals surface area contributed by atoms with Crippen molar-refractivity contribution in [2.75, 3.05) is 6.61 Å². The second-order valence-electron chi connectivity index (χ2n) is 1.85. The van der Waals surface area contributed by atoms with Crippen LogP contribution in [-0.4, -0.2) is 18.6 Å². The van der Waals surface area contributed by atoms with E-state index in [9.17, 15) is 17.6 Å². The topological polar surface area (TPSA) is 9.23 Å². The Morgan fingerprint density at radius 1 is 1.20 bits per heavy atom. The van der Waals surface area contributed by atoms with Crippen LogP contribution >= 0.6 is 0 Å². The molecule has 0 aliphatic carbocycles. The largest absolute Gasteiger partial charge is 0.448 e. The van der Waals surface area contributed by atoms with Gasteiger partial charge in [0.25, 0.3) is 0 Å². The van der Waals surface area contributed by atoms with Gasteiger partial charge in [-0.05, 0) is 6.92 Å². The highest BCUT2D eigenvalue weighted by Crippen LogP contribution is 2.34. The van der Waals surface area contributed by atoms with Gasteiger partial charge in [-0.15, -0.1) is 0 Å². The van der Waals surface area contributed by atoms with Crippen LogP contribution in [0.2, 0.25) is 0 Å². The summed E-state index contributed by atoms with van der Waals surface area (Å²) in [5.74, 6) is -3.51. The summed E-state index contributed by atoms with van der Waals surface area (Å²) in [6.45, 7) is 1.34. The predicted octanol–water partition coefficient (Wildman–Crippen LogP) is 2.27. The summed E-state index contributed by atoms with van der Waals surface area (Å²) in [7, 11) is 0. The molecule has 62 valence electrons. The molecule has 5 heteroatoms. The lowest BCUT2D eigenvalue weighted by molar-refractivity contribution is -0.323. The molecule has 10 heavy (non-hydrogen) atoms. The first-order valence-electron chi connectivity index (χ1n) is 2.71. The van der Waals surface area contributed by atoms with Gasteiger partial charge in [0, 0.05) is 13.5 Å². The summed E-state index contributed by atoms with van der Waals surface area (Å²) in [5.41, 5.74) is 0. The van der Waals surface area contributed by atoms with Gasteiger partial charge in [0.05, 0.1) is 0 Å². The normalized spacial score (nSPS) is 18.6. The monoisotopic (exact) mass is 160 g/mol. The minimum atomic E-state index is -4.94. The third-order valence-corrected chi connectivity index (χ3v) is 0.922. The van der Waals surface area contributed by atoms with Gasteiger partial charge in [-0.1, -0.05) is 0 Å². The second kappa shape index (κ2) is 2.74. The Balaban J connectivity index is 4.10. The van der Waals surface area contributed by atoms with E-state index in [2.05, 4.69) is 4.74 Å². The molecule has 0 saturated carbocycles. The lowest BCUT2D eigenvalue weighted by Gasteiger charge is -2.22. The highest BCUT2D eigenvalue weighted by Gasteiger charge is 2.53. The number of ether oxygens (including phenoxy) is 1. The van der Waals surface area contributed by atoms with Gasteiger partial charge in [0.15, 0.2) is 0 Å². The Morgan fingerprint density at radius 2 is 1.60 bits per heavy atom. The zero-order valence-electron chi connectivity index (χ0n) is 5.63. The highest BCUT2D eigenvalue weighted by atomic mass is 19.4. The molecule has 0 rings (SSSR count). The summed E-state index contributed by atoms with van der Waals surface area (Å²) < 4.78 is 50.6. The molecule has 0 radical (unpaired) electrons. The first-order chi connectivity index (χ1) is 4.31. The maximum atomic E-state index is 12.3. The minimum Gasteiger partial charge on any atom is -0.339 e. The number of rotatable bonds is 2. The Labute approximate surface area is 56.0 Å². The summed E-state index contributed by atoms with van der Waals surface area (Å²) in [4.78, 5) is 0. The fourth-order valence-electron chi connectivity index (χ4n) is 0.353. The maximum absolute atomic E-state index is 12.3. The SMILES string of the molecule is CCOC(C)(F)C(F)(F)F. The molecule has 0 heterocycles. The van der Waals surface area contributed by atoms with Crippen molar-refractivity contribution in [2.45, 2.75) is 25.9 Å². The van der Waals surface area contributed by atoms with E-state index < -0.39 is 12.0 Å². The van der Waals surface area contributed by atoms with Crippen molar-refractivity contribution in [3.63, 3.8) is 0 Å². The molecule has 0 amide bonds. The average molecular weight is 160 g/mol. The van der Waals surface area contributed by atoms with Crippen LogP contribution in [0.4, 0.5) is 17.6 Å². The zero-order chi connectivity index (χ0) is 8.41. The van der Waals surface area contributed by atoms with Crippen molar-refractivity contribution in [3.05, 3.63) is 0 Å². The van der Waals surface area contributed by atoms with Crippen molar-refractivity contribution in [1.29, 1.82) is 0 Å². The van der Waals surface area contributed by atoms with Crippen LogP contribution < -0.4 is 0 Å². The molecule has 0 bridgehead atoms. The van der Waals surface area contributed by atoms with Crippen molar-refractivity contribution in [2.24, 2.45) is 0 Å². The lowest BCUT2D eigenvalue weighted by atomic mass is 10.3. The van der Waals surface area contributed by atoms with Gasteiger partial charge in [-0.2, -0.15) is 13.2 Å². The smallest absolute Gasteiger partial charge is 0.339 e. The molecule has 0 aromatic rings. The van der Waals surface area contributed by atoms with E-state index >= 15 is 0 Å². The van der Waals surface area contributed by atoms with Crippen molar-refractivity contribution in [1.82, 2.24) is 0 Å². The van der Waals surface area contributed by atoms with Crippen LogP contribution in [0.15, 0.2) is 0 Å². The third-order valence-electron chi connectivity index (χ3n) is 0.922. The molecule has 0 aromatic heterocycles. The molecule has 0 fully saturated rings. The van der Waals surface area contributed by atoms with Crippen LogP contribution in [0.5, 0.6) is 0 Å². The van der Waals surface area contributed by atoms with E-state index in [4.69, 9.17) is 0 Å². The Hall–Kier alpha value is -0.320. The molecule has 0 aliphatic rings. The molecule has 0 spiro atoms. The van der Waals surface area contributed by atoms with Crippen molar-refractivity contribution >= 4 is 0 Å². The third kappa shape index (κ3) is 2.13. The summed E-state index contributed by atoms with van der Waals surface area (Å²) in [6.07, 6.45) is -4.94. The highest BCUT2D eigenvalue weighted by molar-refractivity contribution is 4.70. The first-order valence-corrected chi connectivity index (χ1v) is 2.71. The lowest BCUT2D eigenvalue weighted by Crippen LogP contribution is -2.40. The first kappa shape index (κ1) is 9.68. The van der Waals surface area contributed by atoms with Gasteiger partial charge >= 0.3 is 12.0 Å². The van der Waals surface area contributed by atoms with E-state index in [0.29, 0.717) is 6.92 Å². The number of halogens is 4. The van der Waals surface area contributed by atoms with Crippen LogP contribution in [0, 0.1) is 0 Å². The summed E-state index contributed by atoms with van der Waals surface area (Å²) in [5, 5.41) is 0. The van der Waals surface area contributed by atoms with Gasteiger partial charge in [-0.3, -0.25) is 0 Å². The van der Waals surface area contributed by atoms with Crippen molar-refractivity contribution in [3.8, 4) is 0 Å². The average Bonchev–Trinajstić information content (AvgIpc) is 1.61. The molecule has 0 saturated heterocycles. The van der Waals surface area contributed by atoms with E-state index in [1.165, 1.54) is 6.92 Å². The molecule has 1 atom stereocenters. The standard InChI is InChI=1S/C5H8F4O/c1-3-10-4(2,6)5(7,8)9/h3H2,1-2H3. The van der Waals surface area contributed by atoms with Gasteiger partial charge in [-0.25, -0.2) is 4.39 Å². The molecular formula is C5H8F4O. The van der Waals surface area contributed by atoms with E-state index in [-0.39, 0.29) is 6.61 Å². The molecule has 0 aromatic carbocycles. The van der Waals surface area contributed by atoms with Crippen LogP contribution in [0.3, 0.4) is 0 Å². The Kier molecular flexibility index (Phi) is 2.65. The summed E-state index contributed by atoms with van der Waals surface area (Å²) >= 11 is 0. The quantitative estimate of drug-likeness (QED) is 0.563.